The third-order valence-electron chi connectivity index (χ3n) is 6.18. The second-order valence-corrected chi connectivity index (χ2v) is 9.86. The molecule has 0 radical (unpaired) electrons. The van der Waals surface area contributed by atoms with Gasteiger partial charge in [-0.1, -0.05) is 19.1 Å². The van der Waals surface area contributed by atoms with Crippen LogP contribution in [-0.4, -0.2) is 28.9 Å². The fourth-order valence-corrected chi connectivity index (χ4v) is 4.97. The third-order valence-corrected chi connectivity index (χ3v) is 7.06. The van der Waals surface area contributed by atoms with Gasteiger partial charge in [0.1, 0.15) is 11.8 Å². The molecule has 2 unspecified atom stereocenters. The van der Waals surface area contributed by atoms with Gasteiger partial charge in [-0.25, -0.2) is 4.98 Å². The molecule has 172 valence electrons. The number of aromatic nitrogens is 1. The average Bonchev–Trinajstić information content (AvgIpc) is 3.13. The van der Waals surface area contributed by atoms with E-state index in [4.69, 9.17) is 4.74 Å². The van der Waals surface area contributed by atoms with Crippen LogP contribution >= 0.6 is 11.3 Å². The van der Waals surface area contributed by atoms with Gasteiger partial charge in [-0.2, -0.15) is 0 Å². The second kappa shape index (κ2) is 8.98. The van der Waals surface area contributed by atoms with Crippen molar-refractivity contribution >= 4 is 34.5 Å². The quantitative estimate of drug-likeness (QED) is 0.537. The third kappa shape index (κ3) is 4.25. The topological polar surface area (TPSA) is 71.5 Å². The molecular formula is C26H29N3O3S. The van der Waals surface area contributed by atoms with Gasteiger partial charge in [0, 0.05) is 16.1 Å². The molecule has 7 heteroatoms. The summed E-state index contributed by atoms with van der Waals surface area (Å²) in [7, 11) is 0. The normalized spacial score (nSPS) is 16.2. The minimum atomic E-state index is -0.720. The largest absolute Gasteiger partial charge is 0.478 e. The maximum atomic E-state index is 13.4. The van der Waals surface area contributed by atoms with Crippen LogP contribution in [0.15, 0.2) is 36.4 Å². The molecule has 0 bridgehead atoms. The number of ether oxygens (including phenoxy) is 1. The molecule has 1 N–H and O–H groups in total. The van der Waals surface area contributed by atoms with E-state index < -0.39 is 12.1 Å². The van der Waals surface area contributed by atoms with Gasteiger partial charge in [0.05, 0.1) is 16.4 Å². The molecule has 2 aromatic carbocycles. The van der Waals surface area contributed by atoms with Crippen LogP contribution in [0.1, 0.15) is 41.3 Å². The highest BCUT2D eigenvalue weighted by atomic mass is 32.1. The maximum absolute atomic E-state index is 13.4. The van der Waals surface area contributed by atoms with Crippen molar-refractivity contribution in [3.05, 3.63) is 57.4 Å². The monoisotopic (exact) mass is 463 g/mol. The molecule has 3 aromatic rings. The SMILES string of the molecule is CCC1Oc2ccc(-c3nc(C)sc3C)cc2N(C(C)C(=O)Nc2cccc(C)c2C)C1=O. The van der Waals surface area contributed by atoms with Crippen LogP contribution in [0.3, 0.4) is 0 Å². The van der Waals surface area contributed by atoms with E-state index in [2.05, 4.69) is 10.3 Å². The van der Waals surface area contributed by atoms with E-state index in [9.17, 15) is 9.59 Å². The van der Waals surface area contributed by atoms with E-state index in [0.717, 1.165) is 38.0 Å². The highest BCUT2D eigenvalue weighted by Crippen LogP contribution is 2.40. The first-order valence-corrected chi connectivity index (χ1v) is 12.0. The van der Waals surface area contributed by atoms with Gasteiger partial charge < -0.3 is 10.1 Å². The summed E-state index contributed by atoms with van der Waals surface area (Å²) in [6.45, 7) is 11.7. The molecule has 0 aliphatic carbocycles. The Morgan fingerprint density at radius 3 is 2.64 bits per heavy atom. The van der Waals surface area contributed by atoms with Crippen LogP contribution in [0.2, 0.25) is 0 Å². The van der Waals surface area contributed by atoms with Crippen LogP contribution in [0.4, 0.5) is 11.4 Å². The Bertz CT molecular complexity index is 1230. The number of amides is 2. The van der Waals surface area contributed by atoms with Crippen LogP contribution in [-0.2, 0) is 9.59 Å². The van der Waals surface area contributed by atoms with Crippen LogP contribution in [0, 0.1) is 27.7 Å². The number of benzene rings is 2. The summed E-state index contributed by atoms with van der Waals surface area (Å²) in [5.74, 6) is 0.143. The maximum Gasteiger partial charge on any atom is 0.268 e. The first-order chi connectivity index (χ1) is 15.7. The van der Waals surface area contributed by atoms with Crippen LogP contribution in [0.5, 0.6) is 5.75 Å². The minimum absolute atomic E-state index is 0.211. The molecule has 2 amide bonds. The number of rotatable bonds is 5. The van der Waals surface area contributed by atoms with Crippen molar-refractivity contribution in [2.75, 3.05) is 10.2 Å². The van der Waals surface area contributed by atoms with Crippen LogP contribution in [0.25, 0.3) is 11.3 Å². The first-order valence-electron chi connectivity index (χ1n) is 11.2. The number of nitrogens with zero attached hydrogens (tertiary/aromatic N) is 2. The van der Waals surface area contributed by atoms with Gasteiger partial charge in [0.15, 0.2) is 6.10 Å². The fourth-order valence-electron chi connectivity index (χ4n) is 4.13. The van der Waals surface area contributed by atoms with Crippen molar-refractivity contribution in [3.8, 4) is 17.0 Å². The number of thiazole rings is 1. The number of carbonyl (C=O) groups excluding carboxylic acids is 2. The molecular weight excluding hydrogens is 434 g/mol. The molecule has 0 fully saturated rings. The number of hydrogen-bond acceptors (Lipinski definition) is 5. The number of fused-ring (bicyclic) bond motifs is 1. The van der Waals surface area contributed by atoms with Gasteiger partial charge in [0.25, 0.3) is 5.91 Å². The van der Waals surface area contributed by atoms with E-state index in [0.29, 0.717) is 17.9 Å². The Morgan fingerprint density at radius 1 is 1.21 bits per heavy atom. The summed E-state index contributed by atoms with van der Waals surface area (Å²) in [6.07, 6.45) is -0.103. The van der Waals surface area contributed by atoms with Crippen molar-refractivity contribution in [2.24, 2.45) is 0 Å². The van der Waals surface area contributed by atoms with E-state index in [1.54, 1.807) is 23.2 Å². The van der Waals surface area contributed by atoms with Gasteiger partial charge in [-0.15, -0.1) is 11.3 Å². The summed E-state index contributed by atoms with van der Waals surface area (Å²) in [5.41, 5.74) is 5.23. The number of hydrogen-bond donors (Lipinski definition) is 1. The van der Waals surface area contributed by atoms with Gasteiger partial charge in [-0.05, 0) is 76.4 Å². The highest BCUT2D eigenvalue weighted by molar-refractivity contribution is 7.11. The van der Waals surface area contributed by atoms with Crippen molar-refractivity contribution in [3.63, 3.8) is 0 Å². The molecule has 4 rings (SSSR count). The Kier molecular flexibility index (Phi) is 6.26. The highest BCUT2D eigenvalue weighted by Gasteiger charge is 2.39. The molecule has 0 spiro atoms. The van der Waals surface area contributed by atoms with E-state index in [1.165, 1.54) is 0 Å². The predicted octanol–water partition coefficient (Wildman–Crippen LogP) is 5.57. The lowest BCUT2D eigenvalue weighted by atomic mass is 10.0. The lowest BCUT2D eigenvalue weighted by Crippen LogP contribution is -2.53. The molecule has 1 aromatic heterocycles. The lowest BCUT2D eigenvalue weighted by Gasteiger charge is -2.37. The molecule has 0 saturated heterocycles. The van der Waals surface area contributed by atoms with E-state index in [-0.39, 0.29) is 11.8 Å². The van der Waals surface area contributed by atoms with E-state index in [1.807, 2.05) is 71.0 Å². The Hall–Kier alpha value is -3.19. The summed E-state index contributed by atoms with van der Waals surface area (Å²) in [4.78, 5) is 34.0. The van der Waals surface area contributed by atoms with Crippen molar-refractivity contribution in [2.45, 2.75) is 60.1 Å². The minimum Gasteiger partial charge on any atom is -0.478 e. The zero-order chi connectivity index (χ0) is 23.9. The lowest BCUT2D eigenvalue weighted by molar-refractivity contribution is -0.129. The number of anilines is 2. The van der Waals surface area contributed by atoms with E-state index >= 15 is 0 Å². The van der Waals surface area contributed by atoms with Gasteiger partial charge >= 0.3 is 0 Å². The van der Waals surface area contributed by atoms with Gasteiger partial charge in [0.2, 0.25) is 5.91 Å². The summed E-state index contributed by atoms with van der Waals surface area (Å²) in [6, 6.07) is 10.8. The molecule has 2 heterocycles. The molecule has 1 aliphatic heterocycles. The molecule has 1 aliphatic rings. The number of nitrogens with one attached hydrogen (secondary N) is 1. The van der Waals surface area contributed by atoms with Gasteiger partial charge in [-0.3, -0.25) is 14.5 Å². The Labute approximate surface area is 198 Å². The van der Waals surface area contributed by atoms with Crippen molar-refractivity contribution in [1.29, 1.82) is 0 Å². The Morgan fingerprint density at radius 2 is 1.97 bits per heavy atom. The summed E-state index contributed by atoms with van der Waals surface area (Å²) < 4.78 is 5.99. The average molecular weight is 464 g/mol. The van der Waals surface area contributed by atoms with Crippen LogP contribution < -0.4 is 15.0 Å². The van der Waals surface area contributed by atoms with Crippen molar-refractivity contribution in [1.82, 2.24) is 4.98 Å². The molecule has 0 saturated carbocycles. The number of aryl methyl sites for hydroxylation is 3. The standard InChI is InChI=1S/C26H29N3O3S/c1-7-22-26(31)29(16(4)25(30)28-20-10-8-9-14(2)15(20)3)21-13-19(11-12-23(21)32-22)24-17(5)33-18(6)27-24/h8-13,16,22H,7H2,1-6H3,(H,28,30). The smallest absolute Gasteiger partial charge is 0.268 e. The molecule has 6 nitrogen and oxygen atoms in total. The molecule has 33 heavy (non-hydrogen) atoms. The van der Waals surface area contributed by atoms with Crippen molar-refractivity contribution < 1.29 is 14.3 Å². The second-order valence-electron chi connectivity index (χ2n) is 8.46. The first kappa shape index (κ1) is 23.0. The number of carbonyl (C=O) groups is 2. The zero-order valence-corrected chi connectivity index (χ0v) is 20.7. The zero-order valence-electron chi connectivity index (χ0n) is 19.9. The fraction of sp³-hybridized carbons (Fsp3) is 0.346. The summed E-state index contributed by atoms with van der Waals surface area (Å²) in [5, 5.41) is 3.99. The predicted molar refractivity (Wildman–Crippen MR) is 133 cm³/mol. The summed E-state index contributed by atoms with van der Waals surface area (Å²) >= 11 is 1.63. The molecule has 2 atom stereocenters. The Balaban J connectivity index is 1.72.